The van der Waals surface area contributed by atoms with E-state index < -0.39 is 42.5 Å². The van der Waals surface area contributed by atoms with Crippen molar-refractivity contribution in [2.45, 2.75) is 24.6 Å². The topological polar surface area (TPSA) is 134 Å². The summed E-state index contributed by atoms with van der Waals surface area (Å²) in [4.78, 5) is 29.0. The zero-order valence-electron chi connectivity index (χ0n) is 9.09. The fourth-order valence-electron chi connectivity index (χ4n) is 1.55. The highest BCUT2D eigenvalue weighted by Crippen LogP contribution is 2.19. The number of nitrogens with one attached hydrogen (secondary N) is 1. The van der Waals surface area contributed by atoms with Crippen LogP contribution in [0.5, 0.6) is 0 Å². The van der Waals surface area contributed by atoms with Crippen molar-refractivity contribution in [3.05, 3.63) is 33.1 Å². The molecule has 0 bridgehead atoms. The van der Waals surface area contributed by atoms with Gasteiger partial charge in [0.15, 0.2) is 0 Å². The molecule has 0 saturated carbocycles. The first-order valence-electron chi connectivity index (χ1n) is 5.14. The van der Waals surface area contributed by atoms with Crippen molar-refractivity contribution in [1.82, 2.24) is 9.71 Å². The van der Waals surface area contributed by atoms with Crippen LogP contribution in [0.2, 0.25) is 0 Å². The number of aliphatic hydroxyl groups is 3. The number of nitrogens with zero attached hydrogens (tertiary/aromatic N) is 1. The molecule has 0 aliphatic carbocycles. The second-order valence-corrected chi connectivity index (χ2v) is 3.75. The molecule has 4 N–H and O–H groups in total. The van der Waals surface area contributed by atoms with Crippen LogP contribution in [0.4, 0.5) is 0 Å². The quantitative estimate of drug-likeness (QED) is 0.441. The number of ether oxygens (including phenoxy) is 1. The third-order valence-electron chi connectivity index (χ3n) is 2.51. The molecule has 4 atom stereocenters. The summed E-state index contributed by atoms with van der Waals surface area (Å²) in [5, 5.41) is 27.9. The molecule has 1 fully saturated rings. The highest BCUT2D eigenvalue weighted by molar-refractivity contribution is 4.87. The van der Waals surface area contributed by atoms with Gasteiger partial charge in [-0.3, -0.25) is 9.78 Å². The largest absolute Gasteiger partial charge is 0.394 e. The molecule has 18 heavy (non-hydrogen) atoms. The zero-order chi connectivity index (χ0) is 13.3. The van der Waals surface area contributed by atoms with E-state index in [0.29, 0.717) is 4.73 Å². The van der Waals surface area contributed by atoms with E-state index in [1.54, 1.807) is 0 Å². The Morgan fingerprint density at radius 2 is 2.11 bits per heavy atom. The second kappa shape index (κ2) is 4.90. The lowest BCUT2D eigenvalue weighted by molar-refractivity contribution is -0.174. The van der Waals surface area contributed by atoms with E-state index in [-0.39, 0.29) is 0 Å². The van der Waals surface area contributed by atoms with E-state index in [2.05, 4.69) is 0 Å². The molecule has 0 aromatic carbocycles. The highest BCUT2D eigenvalue weighted by atomic mass is 16.8. The predicted molar refractivity (Wildman–Crippen MR) is 55.7 cm³/mol. The molecule has 0 unspecified atom stereocenters. The molecular weight excluding hydrogens is 248 g/mol. The fraction of sp³-hybridized carbons (Fsp3) is 0.556. The van der Waals surface area contributed by atoms with Crippen molar-refractivity contribution in [2.75, 3.05) is 6.61 Å². The van der Waals surface area contributed by atoms with Gasteiger partial charge in [0.1, 0.15) is 18.3 Å². The van der Waals surface area contributed by atoms with Gasteiger partial charge in [-0.2, -0.15) is 0 Å². The third kappa shape index (κ3) is 2.29. The minimum absolute atomic E-state index is 0.501. The summed E-state index contributed by atoms with van der Waals surface area (Å²) in [6.45, 7) is -0.501. The van der Waals surface area contributed by atoms with Crippen molar-refractivity contribution in [3.8, 4) is 0 Å². The van der Waals surface area contributed by atoms with Gasteiger partial charge in [0.05, 0.1) is 12.8 Å². The molecule has 100 valence electrons. The van der Waals surface area contributed by atoms with Gasteiger partial charge in [0.2, 0.25) is 0 Å². The number of aromatic nitrogens is 2. The van der Waals surface area contributed by atoms with Gasteiger partial charge >= 0.3 is 5.69 Å². The minimum atomic E-state index is -1.42. The van der Waals surface area contributed by atoms with E-state index in [1.165, 1.54) is 0 Å². The van der Waals surface area contributed by atoms with Crippen molar-refractivity contribution in [2.24, 2.45) is 0 Å². The number of aromatic amines is 1. The van der Waals surface area contributed by atoms with E-state index in [0.717, 1.165) is 12.3 Å². The summed E-state index contributed by atoms with van der Waals surface area (Å²) in [7, 11) is 0. The van der Waals surface area contributed by atoms with Crippen LogP contribution in [-0.2, 0) is 4.74 Å². The maximum absolute atomic E-state index is 11.3. The molecule has 1 aromatic heterocycles. The maximum atomic E-state index is 11.3. The number of aliphatic hydroxyl groups excluding tert-OH is 3. The normalized spacial score (nSPS) is 31.5. The Morgan fingerprint density at radius 1 is 1.39 bits per heavy atom. The molecule has 1 aromatic rings. The van der Waals surface area contributed by atoms with Crippen LogP contribution < -0.4 is 16.1 Å². The Labute approximate surface area is 99.8 Å². The highest BCUT2D eigenvalue weighted by Gasteiger charge is 2.44. The zero-order valence-corrected chi connectivity index (χ0v) is 9.09. The first-order chi connectivity index (χ1) is 8.52. The van der Waals surface area contributed by atoms with Crippen molar-refractivity contribution < 1.29 is 24.9 Å². The lowest BCUT2D eigenvalue weighted by Gasteiger charge is -2.16. The third-order valence-corrected chi connectivity index (χ3v) is 2.51. The van der Waals surface area contributed by atoms with Crippen LogP contribution in [0.3, 0.4) is 0 Å². The molecule has 0 radical (unpaired) electrons. The lowest BCUT2D eigenvalue weighted by Crippen LogP contribution is -2.42. The monoisotopic (exact) mass is 260 g/mol. The first-order valence-corrected chi connectivity index (χ1v) is 5.14. The smallest absolute Gasteiger partial charge is 0.361 e. The number of H-pyrrole nitrogens is 1. The minimum Gasteiger partial charge on any atom is -0.394 e. The van der Waals surface area contributed by atoms with E-state index in [9.17, 15) is 19.8 Å². The fourth-order valence-corrected chi connectivity index (χ4v) is 1.55. The summed E-state index contributed by atoms with van der Waals surface area (Å²) in [6, 6.07) is 1.04. The van der Waals surface area contributed by atoms with Gasteiger partial charge in [-0.15, -0.1) is 4.73 Å². The van der Waals surface area contributed by atoms with Crippen LogP contribution in [0.1, 0.15) is 0 Å². The summed E-state index contributed by atoms with van der Waals surface area (Å²) in [5.74, 6) is 0. The molecular formula is C9H12N2O7. The van der Waals surface area contributed by atoms with Crippen molar-refractivity contribution in [3.63, 3.8) is 0 Å². The predicted octanol–water partition coefficient (Wildman–Crippen LogP) is -3.60. The van der Waals surface area contributed by atoms with Crippen LogP contribution in [0.15, 0.2) is 21.9 Å². The Bertz CT molecular complexity index is 524. The molecule has 0 spiro atoms. The molecule has 2 rings (SSSR count). The molecule has 2 heterocycles. The number of rotatable bonds is 3. The average Bonchev–Trinajstić information content (AvgIpc) is 2.60. The molecule has 9 heteroatoms. The molecule has 0 amide bonds. The van der Waals surface area contributed by atoms with Crippen LogP contribution in [-0.4, -0.2) is 56.2 Å². The standard InChI is InChI=1S/C9H12N2O7/c12-3-4-6(14)7(15)8(17-4)18-11-2-1-5(13)10-9(11)16/h1-2,4,6-8,12,14-15H,3H2,(H,10,13,16)/t4-,6-,7-,8-/m1/s1. The van der Waals surface area contributed by atoms with Crippen LogP contribution >= 0.6 is 0 Å². The molecule has 1 aliphatic heterocycles. The Hall–Kier alpha value is -1.68. The van der Waals surface area contributed by atoms with Gasteiger partial charge in [-0.25, -0.2) is 4.79 Å². The summed E-state index contributed by atoms with van der Waals surface area (Å²) < 4.78 is 5.65. The van der Waals surface area contributed by atoms with Crippen molar-refractivity contribution in [1.29, 1.82) is 0 Å². The van der Waals surface area contributed by atoms with Gasteiger partial charge in [0.25, 0.3) is 11.8 Å². The maximum Gasteiger partial charge on any atom is 0.361 e. The van der Waals surface area contributed by atoms with Crippen molar-refractivity contribution >= 4 is 0 Å². The summed E-state index contributed by atoms with van der Waals surface area (Å²) in [5.41, 5.74) is -1.44. The second-order valence-electron chi connectivity index (χ2n) is 3.75. The summed E-state index contributed by atoms with van der Waals surface area (Å²) >= 11 is 0. The van der Waals surface area contributed by atoms with Gasteiger partial charge in [-0.1, -0.05) is 0 Å². The van der Waals surface area contributed by atoms with Crippen LogP contribution in [0.25, 0.3) is 0 Å². The van der Waals surface area contributed by atoms with E-state index in [1.807, 2.05) is 4.98 Å². The van der Waals surface area contributed by atoms with E-state index in [4.69, 9.17) is 14.7 Å². The first kappa shape index (κ1) is 12.8. The lowest BCUT2D eigenvalue weighted by atomic mass is 10.1. The Balaban J connectivity index is 2.15. The molecule has 9 nitrogen and oxygen atoms in total. The molecule has 1 saturated heterocycles. The average molecular weight is 260 g/mol. The number of hydrogen-bond donors (Lipinski definition) is 4. The SMILES string of the molecule is O=c1ccn(O[C@H]2O[C@H](CO)[C@@H](O)[C@H]2O)c(=O)[nH]1. The van der Waals surface area contributed by atoms with E-state index >= 15 is 0 Å². The number of hydrogen-bond acceptors (Lipinski definition) is 7. The summed E-state index contributed by atoms with van der Waals surface area (Å²) in [6.07, 6.45) is -4.00. The van der Waals surface area contributed by atoms with Gasteiger partial charge in [-0.05, 0) is 0 Å². The van der Waals surface area contributed by atoms with Gasteiger partial charge < -0.3 is 24.9 Å². The Morgan fingerprint density at radius 3 is 2.67 bits per heavy atom. The van der Waals surface area contributed by atoms with Crippen LogP contribution in [0, 0.1) is 0 Å². The molecule has 1 aliphatic rings. The Kier molecular flexibility index (Phi) is 3.48. The van der Waals surface area contributed by atoms with Gasteiger partial charge in [0, 0.05) is 6.07 Å².